The molecule has 0 aliphatic carbocycles. The van der Waals surface area contributed by atoms with Crippen LogP contribution in [0.4, 0.5) is 0 Å². The molecule has 1 aromatic rings. The van der Waals surface area contributed by atoms with Crippen molar-refractivity contribution in [1.82, 2.24) is 0 Å². The van der Waals surface area contributed by atoms with Crippen molar-refractivity contribution in [2.45, 2.75) is 12.7 Å². The van der Waals surface area contributed by atoms with Gasteiger partial charge in [0.1, 0.15) is 6.61 Å². The van der Waals surface area contributed by atoms with Gasteiger partial charge < -0.3 is 14.3 Å². The molecule has 1 aromatic carbocycles. The molecule has 4 heteroatoms. The van der Waals surface area contributed by atoms with Gasteiger partial charge in [0, 0.05) is 5.56 Å². The van der Waals surface area contributed by atoms with E-state index in [0.29, 0.717) is 26.2 Å². The summed E-state index contributed by atoms with van der Waals surface area (Å²) >= 11 is 0. The lowest BCUT2D eigenvalue weighted by atomic mass is 10.2. The predicted molar refractivity (Wildman–Crippen MR) is 62.8 cm³/mol. The molecule has 0 radical (unpaired) electrons. The van der Waals surface area contributed by atoms with Gasteiger partial charge in [0.15, 0.2) is 6.29 Å². The third-order valence-corrected chi connectivity index (χ3v) is 2.03. The lowest BCUT2D eigenvalue weighted by molar-refractivity contribution is -0.142. The number of nitrogens with zero attached hydrogens (tertiary/aromatic N) is 2. The van der Waals surface area contributed by atoms with Gasteiger partial charge in [-0.25, -0.2) is 6.57 Å². The van der Waals surface area contributed by atoms with Crippen molar-refractivity contribution >= 4 is 0 Å². The minimum absolute atomic E-state index is 0.310. The van der Waals surface area contributed by atoms with Gasteiger partial charge in [0.05, 0.1) is 19.1 Å². The van der Waals surface area contributed by atoms with Crippen molar-refractivity contribution in [1.29, 1.82) is 5.26 Å². The lowest BCUT2D eigenvalue weighted by Crippen LogP contribution is -2.11. The van der Waals surface area contributed by atoms with E-state index in [1.165, 1.54) is 0 Å². The first-order valence-corrected chi connectivity index (χ1v) is 5.37. The zero-order valence-corrected chi connectivity index (χ0v) is 9.50. The molecule has 0 amide bonds. The Kier molecular flexibility index (Phi) is 6.43. The SMILES string of the molecule is [C-]#[N+]CCOC(OCCC#N)c1ccccc1. The molecule has 0 N–H and O–H groups in total. The number of hydrogen-bond acceptors (Lipinski definition) is 3. The molecule has 0 spiro atoms. The number of nitriles is 1. The Labute approximate surface area is 101 Å². The van der Waals surface area contributed by atoms with Gasteiger partial charge in [-0.3, -0.25) is 0 Å². The highest BCUT2D eigenvalue weighted by Gasteiger charge is 2.12. The van der Waals surface area contributed by atoms with Gasteiger partial charge in [0.25, 0.3) is 0 Å². The van der Waals surface area contributed by atoms with Gasteiger partial charge in [-0.2, -0.15) is 5.26 Å². The zero-order chi connectivity index (χ0) is 12.3. The van der Waals surface area contributed by atoms with E-state index in [1.54, 1.807) is 0 Å². The molecule has 88 valence electrons. The Morgan fingerprint density at radius 2 is 1.94 bits per heavy atom. The monoisotopic (exact) mass is 230 g/mol. The molecule has 4 nitrogen and oxygen atoms in total. The van der Waals surface area contributed by atoms with Crippen LogP contribution >= 0.6 is 0 Å². The van der Waals surface area contributed by atoms with Crippen molar-refractivity contribution in [2.75, 3.05) is 19.8 Å². The summed E-state index contributed by atoms with van der Waals surface area (Å²) in [6, 6.07) is 11.5. The maximum Gasteiger partial charge on any atom is 0.237 e. The van der Waals surface area contributed by atoms with E-state index in [4.69, 9.17) is 21.3 Å². The van der Waals surface area contributed by atoms with Crippen LogP contribution in [-0.4, -0.2) is 19.8 Å². The summed E-state index contributed by atoms with van der Waals surface area (Å²) in [4.78, 5) is 3.21. The van der Waals surface area contributed by atoms with Crippen LogP contribution in [0.5, 0.6) is 0 Å². The van der Waals surface area contributed by atoms with Crippen molar-refractivity contribution in [2.24, 2.45) is 0 Å². The fraction of sp³-hybridized carbons (Fsp3) is 0.385. The van der Waals surface area contributed by atoms with Gasteiger partial charge in [-0.15, -0.1) is 0 Å². The molecule has 0 bridgehead atoms. The van der Waals surface area contributed by atoms with E-state index in [2.05, 4.69) is 4.85 Å². The summed E-state index contributed by atoms with van der Waals surface area (Å²) in [6.45, 7) is 7.65. The van der Waals surface area contributed by atoms with Crippen LogP contribution in [0.15, 0.2) is 30.3 Å². The predicted octanol–water partition coefficient (Wildman–Crippen LogP) is 2.55. The van der Waals surface area contributed by atoms with E-state index in [0.717, 1.165) is 5.56 Å². The van der Waals surface area contributed by atoms with Crippen LogP contribution in [0, 0.1) is 17.9 Å². The fourth-order valence-corrected chi connectivity index (χ4v) is 1.27. The van der Waals surface area contributed by atoms with E-state index in [9.17, 15) is 0 Å². The molecule has 0 aromatic heterocycles. The maximum absolute atomic E-state index is 8.45. The maximum atomic E-state index is 8.45. The van der Waals surface area contributed by atoms with Crippen LogP contribution in [-0.2, 0) is 9.47 Å². The molecule has 1 atom stereocenters. The van der Waals surface area contributed by atoms with E-state index >= 15 is 0 Å². The van der Waals surface area contributed by atoms with Gasteiger partial charge >= 0.3 is 0 Å². The first-order valence-electron chi connectivity index (χ1n) is 5.37. The van der Waals surface area contributed by atoms with Gasteiger partial charge in [-0.05, 0) is 0 Å². The Hall–Kier alpha value is -1.88. The molecular formula is C13H14N2O2. The molecule has 1 rings (SSSR count). The second-order valence-electron chi connectivity index (χ2n) is 3.27. The van der Waals surface area contributed by atoms with Crippen LogP contribution in [0.25, 0.3) is 4.85 Å². The van der Waals surface area contributed by atoms with Crippen molar-refractivity contribution in [3.8, 4) is 6.07 Å². The number of rotatable bonds is 7. The van der Waals surface area contributed by atoms with E-state index in [-0.39, 0.29) is 0 Å². The number of hydrogen-bond donors (Lipinski definition) is 0. The van der Waals surface area contributed by atoms with Crippen LogP contribution < -0.4 is 0 Å². The van der Waals surface area contributed by atoms with Gasteiger partial charge in [-0.1, -0.05) is 30.3 Å². The lowest BCUT2D eigenvalue weighted by Gasteiger charge is -2.17. The van der Waals surface area contributed by atoms with Crippen LogP contribution in [0.2, 0.25) is 0 Å². The largest absolute Gasteiger partial charge is 0.347 e. The van der Waals surface area contributed by atoms with E-state index < -0.39 is 6.29 Å². The second kappa shape index (κ2) is 8.29. The molecule has 0 fully saturated rings. The van der Waals surface area contributed by atoms with Crippen molar-refractivity contribution in [3.63, 3.8) is 0 Å². The normalized spacial score (nSPS) is 11.4. The summed E-state index contributed by atoms with van der Waals surface area (Å²) in [7, 11) is 0. The quantitative estimate of drug-likeness (QED) is 0.411. The van der Waals surface area contributed by atoms with Crippen LogP contribution in [0.1, 0.15) is 18.3 Å². The summed E-state index contributed by atoms with van der Waals surface area (Å²) in [6.07, 6.45) is -0.165. The summed E-state index contributed by atoms with van der Waals surface area (Å²) in [5, 5.41) is 8.45. The highest BCUT2D eigenvalue weighted by Crippen LogP contribution is 2.18. The standard InChI is InChI=1S/C13H14N2O2/c1-15-9-11-17-13(16-10-5-8-14)12-6-3-2-4-7-12/h2-4,6-7,13H,5,9-11H2. The third-order valence-electron chi connectivity index (χ3n) is 2.03. The van der Waals surface area contributed by atoms with E-state index in [1.807, 2.05) is 36.4 Å². The van der Waals surface area contributed by atoms with Crippen LogP contribution in [0.3, 0.4) is 0 Å². The van der Waals surface area contributed by atoms with Crippen molar-refractivity contribution in [3.05, 3.63) is 47.3 Å². The molecular weight excluding hydrogens is 216 g/mol. The summed E-state index contributed by atoms with van der Waals surface area (Å²) in [5.41, 5.74) is 0.899. The smallest absolute Gasteiger partial charge is 0.237 e. The molecule has 0 aliphatic rings. The highest BCUT2D eigenvalue weighted by atomic mass is 16.7. The number of ether oxygens (including phenoxy) is 2. The Balaban J connectivity index is 2.53. The molecule has 1 unspecified atom stereocenters. The third kappa shape index (κ3) is 5.12. The average molecular weight is 230 g/mol. The first-order chi connectivity index (χ1) is 8.38. The zero-order valence-electron chi connectivity index (χ0n) is 9.50. The molecule has 0 saturated carbocycles. The molecule has 0 heterocycles. The van der Waals surface area contributed by atoms with Crippen molar-refractivity contribution < 1.29 is 9.47 Å². The molecule has 0 aliphatic heterocycles. The highest BCUT2D eigenvalue weighted by molar-refractivity contribution is 5.15. The average Bonchev–Trinajstić information content (AvgIpc) is 2.38. The fourth-order valence-electron chi connectivity index (χ4n) is 1.27. The summed E-state index contributed by atoms with van der Waals surface area (Å²) in [5.74, 6) is 0. The minimum Gasteiger partial charge on any atom is -0.347 e. The Morgan fingerprint density at radius 3 is 2.59 bits per heavy atom. The topological polar surface area (TPSA) is 46.6 Å². The molecule has 0 saturated heterocycles. The first kappa shape index (κ1) is 13.2. The molecule has 17 heavy (non-hydrogen) atoms. The summed E-state index contributed by atoms with van der Waals surface area (Å²) < 4.78 is 10.9. The Morgan fingerprint density at radius 1 is 1.24 bits per heavy atom. The number of benzene rings is 1. The second-order valence-corrected chi connectivity index (χ2v) is 3.27. The Bertz CT molecular complexity index is 372. The minimum atomic E-state index is -0.494. The van der Waals surface area contributed by atoms with Gasteiger partial charge in [0.2, 0.25) is 6.54 Å².